The van der Waals surface area contributed by atoms with Crippen LogP contribution in [0.15, 0.2) is 27.6 Å². The monoisotopic (exact) mass is 345 g/mol. The summed E-state index contributed by atoms with van der Waals surface area (Å²) in [6.45, 7) is 2.26. The average molecular weight is 346 g/mol. The van der Waals surface area contributed by atoms with E-state index in [0.717, 1.165) is 29.2 Å². The first kappa shape index (κ1) is 14.7. The van der Waals surface area contributed by atoms with Crippen LogP contribution in [0.3, 0.4) is 0 Å². The van der Waals surface area contributed by atoms with Gasteiger partial charge in [0.05, 0.1) is 10.9 Å². The summed E-state index contributed by atoms with van der Waals surface area (Å²) in [7, 11) is -3.58. The number of aldehydes is 1. The lowest BCUT2D eigenvalue weighted by atomic mass is 10.1. The smallest absolute Gasteiger partial charge is 0.243 e. The molecule has 1 aromatic rings. The maximum absolute atomic E-state index is 12.6. The minimum absolute atomic E-state index is 0.252. The van der Waals surface area contributed by atoms with Crippen molar-refractivity contribution in [2.75, 3.05) is 6.54 Å². The fourth-order valence-electron chi connectivity index (χ4n) is 2.28. The van der Waals surface area contributed by atoms with E-state index in [1.165, 1.54) is 4.31 Å². The first-order valence-electron chi connectivity index (χ1n) is 6.20. The molecular formula is C13H16BrNO3S. The lowest BCUT2D eigenvalue weighted by molar-refractivity contribution is -0.111. The van der Waals surface area contributed by atoms with E-state index in [9.17, 15) is 13.2 Å². The molecule has 0 saturated carbocycles. The van der Waals surface area contributed by atoms with Gasteiger partial charge in [0.1, 0.15) is 6.29 Å². The molecule has 6 heteroatoms. The van der Waals surface area contributed by atoms with E-state index < -0.39 is 16.1 Å². The quantitative estimate of drug-likeness (QED) is 0.791. The summed E-state index contributed by atoms with van der Waals surface area (Å²) in [5.41, 5.74) is 0.862. The fraction of sp³-hybridized carbons (Fsp3) is 0.462. The van der Waals surface area contributed by atoms with Crippen molar-refractivity contribution in [3.63, 3.8) is 0 Å². The van der Waals surface area contributed by atoms with E-state index in [0.29, 0.717) is 13.0 Å². The number of hydrogen-bond donors (Lipinski definition) is 0. The summed E-state index contributed by atoms with van der Waals surface area (Å²) in [6, 6.07) is 4.41. The molecule has 1 aliphatic rings. The van der Waals surface area contributed by atoms with Gasteiger partial charge in [-0.1, -0.05) is 22.4 Å². The number of carbonyl (C=O) groups excluding carboxylic acids is 1. The number of carbonyl (C=O) groups is 1. The van der Waals surface area contributed by atoms with E-state index in [2.05, 4.69) is 15.9 Å². The molecule has 104 valence electrons. The van der Waals surface area contributed by atoms with Crippen LogP contribution < -0.4 is 0 Å². The maximum atomic E-state index is 12.6. The van der Waals surface area contributed by atoms with Crippen LogP contribution >= 0.6 is 15.9 Å². The molecule has 0 aliphatic carbocycles. The molecule has 0 spiro atoms. The Balaban J connectivity index is 2.40. The third-order valence-corrected chi connectivity index (χ3v) is 6.20. The van der Waals surface area contributed by atoms with Crippen LogP contribution in [-0.2, 0) is 14.8 Å². The normalized spacial score (nSPS) is 21.3. The van der Waals surface area contributed by atoms with E-state index >= 15 is 0 Å². The highest BCUT2D eigenvalue weighted by molar-refractivity contribution is 9.10. The van der Waals surface area contributed by atoms with Crippen LogP contribution in [0, 0.1) is 6.92 Å². The second-order valence-corrected chi connectivity index (χ2v) is 7.47. The summed E-state index contributed by atoms with van der Waals surface area (Å²) in [5, 5.41) is 0. The number of aryl methyl sites for hydroxylation is 1. The highest BCUT2D eigenvalue weighted by Crippen LogP contribution is 2.27. The van der Waals surface area contributed by atoms with Gasteiger partial charge < -0.3 is 4.79 Å². The number of rotatable bonds is 3. The largest absolute Gasteiger partial charge is 0.302 e. The number of piperidine rings is 1. The van der Waals surface area contributed by atoms with E-state index in [1.54, 1.807) is 18.2 Å². The molecule has 0 radical (unpaired) electrons. The molecule has 1 heterocycles. The Morgan fingerprint density at radius 3 is 2.74 bits per heavy atom. The Labute approximate surface area is 122 Å². The molecule has 1 aliphatic heterocycles. The standard InChI is InChI=1S/C13H16BrNO3S/c1-10-8-12(5-6-13(10)14)19(17,18)15-7-3-2-4-11(15)9-16/h5-6,8-9,11H,2-4,7H2,1H3. The van der Waals surface area contributed by atoms with Crippen molar-refractivity contribution in [3.8, 4) is 0 Å². The molecule has 1 unspecified atom stereocenters. The average Bonchev–Trinajstić information content (AvgIpc) is 2.41. The van der Waals surface area contributed by atoms with Crippen molar-refractivity contribution in [3.05, 3.63) is 28.2 Å². The van der Waals surface area contributed by atoms with Crippen LogP contribution in [0.5, 0.6) is 0 Å². The molecule has 1 fully saturated rings. The second kappa shape index (κ2) is 5.73. The highest BCUT2D eigenvalue weighted by Gasteiger charge is 2.33. The summed E-state index contributed by atoms with van der Waals surface area (Å²) < 4.78 is 27.3. The summed E-state index contributed by atoms with van der Waals surface area (Å²) in [5.74, 6) is 0. The lowest BCUT2D eigenvalue weighted by Gasteiger charge is -2.31. The Bertz CT molecular complexity index is 586. The minimum atomic E-state index is -3.58. The molecule has 0 bridgehead atoms. The number of hydrogen-bond acceptors (Lipinski definition) is 3. The predicted molar refractivity (Wildman–Crippen MR) is 76.5 cm³/mol. The van der Waals surface area contributed by atoms with Gasteiger partial charge in [0.2, 0.25) is 10.0 Å². The first-order valence-corrected chi connectivity index (χ1v) is 8.43. The van der Waals surface area contributed by atoms with Crippen molar-refractivity contribution in [1.29, 1.82) is 0 Å². The minimum Gasteiger partial charge on any atom is -0.302 e. The van der Waals surface area contributed by atoms with E-state index in [-0.39, 0.29) is 4.90 Å². The zero-order chi connectivity index (χ0) is 14.0. The Morgan fingerprint density at radius 2 is 2.11 bits per heavy atom. The Morgan fingerprint density at radius 1 is 1.37 bits per heavy atom. The number of nitrogens with zero attached hydrogens (tertiary/aromatic N) is 1. The van der Waals surface area contributed by atoms with Gasteiger partial charge in [-0.05, 0) is 43.5 Å². The third kappa shape index (κ3) is 2.90. The van der Waals surface area contributed by atoms with Crippen LogP contribution in [0.2, 0.25) is 0 Å². The van der Waals surface area contributed by atoms with Gasteiger partial charge in [0.25, 0.3) is 0 Å². The van der Waals surface area contributed by atoms with Gasteiger partial charge in [0, 0.05) is 11.0 Å². The zero-order valence-corrected chi connectivity index (χ0v) is 13.1. The molecular weight excluding hydrogens is 330 g/mol. The number of benzene rings is 1. The predicted octanol–water partition coefficient (Wildman–Crippen LogP) is 2.50. The number of halogens is 1. The SMILES string of the molecule is Cc1cc(S(=O)(=O)N2CCCCC2C=O)ccc1Br. The molecule has 1 saturated heterocycles. The summed E-state index contributed by atoms with van der Waals surface area (Å²) in [4.78, 5) is 11.3. The molecule has 4 nitrogen and oxygen atoms in total. The van der Waals surface area contributed by atoms with Gasteiger partial charge in [-0.25, -0.2) is 8.42 Å². The third-order valence-electron chi connectivity index (χ3n) is 3.39. The molecule has 1 aromatic carbocycles. The topological polar surface area (TPSA) is 54.5 Å². The van der Waals surface area contributed by atoms with Crippen molar-refractivity contribution in [2.45, 2.75) is 37.1 Å². The lowest BCUT2D eigenvalue weighted by Crippen LogP contribution is -2.44. The summed E-state index contributed by atoms with van der Waals surface area (Å²) in [6.07, 6.45) is 3.05. The van der Waals surface area contributed by atoms with Gasteiger partial charge in [-0.2, -0.15) is 4.31 Å². The Hall–Kier alpha value is -0.720. The number of sulfonamides is 1. The van der Waals surface area contributed by atoms with Gasteiger partial charge in [0.15, 0.2) is 0 Å². The van der Waals surface area contributed by atoms with Crippen LogP contribution in [0.1, 0.15) is 24.8 Å². The van der Waals surface area contributed by atoms with Crippen LogP contribution in [-0.4, -0.2) is 31.6 Å². The van der Waals surface area contributed by atoms with Crippen molar-refractivity contribution < 1.29 is 13.2 Å². The second-order valence-electron chi connectivity index (χ2n) is 4.73. The van der Waals surface area contributed by atoms with Gasteiger partial charge in [-0.3, -0.25) is 0 Å². The molecule has 0 amide bonds. The van der Waals surface area contributed by atoms with E-state index in [4.69, 9.17) is 0 Å². The van der Waals surface area contributed by atoms with Gasteiger partial charge in [-0.15, -0.1) is 0 Å². The van der Waals surface area contributed by atoms with Crippen molar-refractivity contribution in [2.24, 2.45) is 0 Å². The maximum Gasteiger partial charge on any atom is 0.243 e. The highest BCUT2D eigenvalue weighted by atomic mass is 79.9. The first-order chi connectivity index (χ1) is 8.96. The molecule has 19 heavy (non-hydrogen) atoms. The molecule has 0 aromatic heterocycles. The van der Waals surface area contributed by atoms with Crippen molar-refractivity contribution >= 4 is 32.2 Å². The zero-order valence-electron chi connectivity index (χ0n) is 10.7. The van der Waals surface area contributed by atoms with Gasteiger partial charge >= 0.3 is 0 Å². The Kier molecular flexibility index (Phi) is 4.43. The van der Waals surface area contributed by atoms with Crippen molar-refractivity contribution in [1.82, 2.24) is 4.31 Å². The van der Waals surface area contributed by atoms with Crippen LogP contribution in [0.4, 0.5) is 0 Å². The fourth-order valence-corrected chi connectivity index (χ4v) is 4.24. The molecule has 1 atom stereocenters. The van der Waals surface area contributed by atoms with E-state index in [1.807, 2.05) is 6.92 Å². The van der Waals surface area contributed by atoms with Crippen LogP contribution in [0.25, 0.3) is 0 Å². The molecule has 2 rings (SSSR count). The molecule has 0 N–H and O–H groups in total. The summed E-state index contributed by atoms with van der Waals surface area (Å²) >= 11 is 3.35.